The number of hydrogen-bond acceptors (Lipinski definition) is 4. The van der Waals surface area contributed by atoms with Gasteiger partial charge in [-0.25, -0.2) is 9.78 Å². The van der Waals surface area contributed by atoms with Crippen LogP contribution in [-0.2, 0) is 4.74 Å². The van der Waals surface area contributed by atoms with Crippen molar-refractivity contribution in [2.24, 2.45) is 0 Å². The van der Waals surface area contributed by atoms with Crippen LogP contribution in [0.2, 0.25) is 5.02 Å². The average Bonchev–Trinajstić information content (AvgIpc) is 3.04. The van der Waals surface area contributed by atoms with Gasteiger partial charge in [0, 0.05) is 43.0 Å². The average molecular weight is 386 g/mol. The SMILES string of the molecule is COC1CN(c2ncc(NC(=O)Nc3cc(Cl)c4cc[nH]c4c3)cc2C)C1. The number of benzene rings is 1. The number of urea groups is 1. The zero-order valence-corrected chi connectivity index (χ0v) is 15.8. The van der Waals surface area contributed by atoms with Gasteiger partial charge < -0.3 is 25.3 Å². The van der Waals surface area contributed by atoms with Gasteiger partial charge in [-0.2, -0.15) is 0 Å². The van der Waals surface area contributed by atoms with Crippen LogP contribution >= 0.6 is 11.6 Å². The monoisotopic (exact) mass is 385 g/mol. The summed E-state index contributed by atoms with van der Waals surface area (Å²) in [5, 5.41) is 7.10. The second kappa shape index (κ2) is 7.09. The fourth-order valence-corrected chi connectivity index (χ4v) is 3.50. The molecule has 0 bridgehead atoms. The normalized spacial score (nSPS) is 14.3. The van der Waals surface area contributed by atoms with E-state index in [0.29, 0.717) is 16.4 Å². The number of amides is 2. The van der Waals surface area contributed by atoms with Crippen molar-refractivity contribution in [1.82, 2.24) is 9.97 Å². The molecular weight excluding hydrogens is 366 g/mol. The van der Waals surface area contributed by atoms with E-state index in [4.69, 9.17) is 16.3 Å². The third-order valence-electron chi connectivity index (χ3n) is 4.67. The minimum atomic E-state index is -0.352. The molecule has 1 aromatic carbocycles. The van der Waals surface area contributed by atoms with Crippen molar-refractivity contribution in [3.63, 3.8) is 0 Å². The van der Waals surface area contributed by atoms with Crippen molar-refractivity contribution in [3.05, 3.63) is 47.2 Å². The van der Waals surface area contributed by atoms with Gasteiger partial charge in [-0.1, -0.05) is 11.6 Å². The Hall–Kier alpha value is -2.77. The van der Waals surface area contributed by atoms with Gasteiger partial charge in [-0.05, 0) is 36.8 Å². The number of ether oxygens (including phenoxy) is 1. The lowest BCUT2D eigenvalue weighted by atomic mass is 10.1. The molecule has 0 unspecified atom stereocenters. The maximum atomic E-state index is 12.3. The van der Waals surface area contributed by atoms with E-state index < -0.39 is 0 Å². The van der Waals surface area contributed by atoms with Gasteiger partial charge >= 0.3 is 6.03 Å². The van der Waals surface area contributed by atoms with Crippen LogP contribution in [0.15, 0.2) is 36.7 Å². The molecule has 1 aliphatic heterocycles. The molecule has 4 rings (SSSR count). The van der Waals surface area contributed by atoms with Gasteiger partial charge in [0.2, 0.25) is 0 Å². The first-order valence-corrected chi connectivity index (χ1v) is 9.00. The van der Waals surface area contributed by atoms with Crippen molar-refractivity contribution in [1.29, 1.82) is 0 Å². The predicted molar refractivity (Wildman–Crippen MR) is 108 cm³/mol. The van der Waals surface area contributed by atoms with Crippen molar-refractivity contribution in [2.75, 3.05) is 35.7 Å². The Morgan fingerprint density at radius 1 is 1.30 bits per heavy atom. The van der Waals surface area contributed by atoms with Crippen molar-refractivity contribution in [3.8, 4) is 0 Å². The second-order valence-electron chi connectivity index (χ2n) is 6.60. The summed E-state index contributed by atoms with van der Waals surface area (Å²) in [7, 11) is 1.72. The number of fused-ring (bicyclic) bond motifs is 1. The summed E-state index contributed by atoms with van der Waals surface area (Å²) in [5.41, 5.74) is 3.10. The Balaban J connectivity index is 1.42. The Morgan fingerprint density at radius 3 is 2.81 bits per heavy atom. The second-order valence-corrected chi connectivity index (χ2v) is 7.01. The lowest BCUT2D eigenvalue weighted by Crippen LogP contribution is -2.52. The van der Waals surface area contributed by atoms with Crippen LogP contribution in [0.25, 0.3) is 10.9 Å². The molecular formula is C19H20ClN5O2. The third-order valence-corrected chi connectivity index (χ3v) is 4.98. The molecule has 8 heteroatoms. The molecule has 140 valence electrons. The van der Waals surface area contributed by atoms with E-state index in [9.17, 15) is 4.79 Å². The van der Waals surface area contributed by atoms with Crippen LogP contribution in [0, 0.1) is 6.92 Å². The molecule has 0 radical (unpaired) electrons. The number of carbonyl (C=O) groups excluding carboxylic acids is 1. The number of halogens is 1. The smallest absolute Gasteiger partial charge is 0.323 e. The Morgan fingerprint density at radius 2 is 2.07 bits per heavy atom. The largest absolute Gasteiger partial charge is 0.378 e. The molecule has 0 atom stereocenters. The highest BCUT2D eigenvalue weighted by atomic mass is 35.5. The predicted octanol–water partition coefficient (Wildman–Crippen LogP) is 4.00. The van der Waals surface area contributed by atoms with Gasteiger partial charge in [0.05, 0.1) is 23.0 Å². The first kappa shape index (κ1) is 17.6. The Bertz CT molecular complexity index is 997. The molecule has 7 nitrogen and oxygen atoms in total. The van der Waals surface area contributed by atoms with E-state index in [1.807, 2.05) is 31.3 Å². The summed E-state index contributed by atoms with van der Waals surface area (Å²) in [4.78, 5) is 22.0. The maximum absolute atomic E-state index is 12.3. The third kappa shape index (κ3) is 3.56. The number of rotatable bonds is 4. The number of carbonyl (C=O) groups is 1. The van der Waals surface area contributed by atoms with E-state index in [1.54, 1.807) is 19.4 Å². The highest BCUT2D eigenvalue weighted by Gasteiger charge is 2.28. The number of anilines is 3. The van der Waals surface area contributed by atoms with Gasteiger partial charge in [0.15, 0.2) is 0 Å². The number of hydrogen-bond donors (Lipinski definition) is 3. The highest BCUT2D eigenvalue weighted by molar-refractivity contribution is 6.35. The molecule has 27 heavy (non-hydrogen) atoms. The van der Waals surface area contributed by atoms with Crippen LogP contribution in [0.4, 0.5) is 22.0 Å². The lowest BCUT2D eigenvalue weighted by molar-refractivity contribution is 0.0782. The summed E-state index contributed by atoms with van der Waals surface area (Å²) < 4.78 is 5.29. The van der Waals surface area contributed by atoms with Crippen LogP contribution in [0.5, 0.6) is 0 Å². The summed E-state index contributed by atoms with van der Waals surface area (Å²) in [5.74, 6) is 0.915. The summed E-state index contributed by atoms with van der Waals surface area (Å²) in [6, 6.07) is 7.01. The molecule has 3 N–H and O–H groups in total. The maximum Gasteiger partial charge on any atom is 0.323 e. The number of methoxy groups -OCH3 is 1. The number of aryl methyl sites for hydroxylation is 1. The van der Waals surface area contributed by atoms with Gasteiger partial charge in [-0.3, -0.25) is 0 Å². The van der Waals surface area contributed by atoms with Crippen LogP contribution < -0.4 is 15.5 Å². The zero-order valence-electron chi connectivity index (χ0n) is 15.0. The number of pyridine rings is 1. The van der Waals surface area contributed by atoms with Crippen molar-refractivity contribution in [2.45, 2.75) is 13.0 Å². The van der Waals surface area contributed by atoms with Gasteiger partial charge in [-0.15, -0.1) is 0 Å². The molecule has 0 aliphatic carbocycles. The van der Waals surface area contributed by atoms with Crippen LogP contribution in [0.3, 0.4) is 0 Å². The number of aromatic amines is 1. The fourth-order valence-electron chi connectivity index (χ4n) is 3.21. The Labute approximate surface area is 161 Å². The standard InChI is InChI=1S/C19H20ClN5O2/c1-11-5-13(8-22-18(11)25-9-14(10-25)27-2)24-19(26)23-12-6-16(20)15-3-4-21-17(15)7-12/h3-8,14,21H,9-10H2,1-2H3,(H2,23,24,26). The van der Waals surface area contributed by atoms with Gasteiger partial charge in [0.1, 0.15) is 5.82 Å². The van der Waals surface area contributed by atoms with Crippen LogP contribution in [0.1, 0.15) is 5.56 Å². The lowest BCUT2D eigenvalue weighted by Gasteiger charge is -2.39. The van der Waals surface area contributed by atoms with Crippen LogP contribution in [-0.4, -0.2) is 42.3 Å². The number of aromatic nitrogens is 2. The Kier molecular flexibility index (Phi) is 4.63. The molecule has 2 aromatic heterocycles. The summed E-state index contributed by atoms with van der Waals surface area (Å²) in [6.07, 6.45) is 3.73. The molecule has 3 aromatic rings. The highest BCUT2D eigenvalue weighted by Crippen LogP contribution is 2.28. The van der Waals surface area contributed by atoms with Gasteiger partial charge in [0.25, 0.3) is 0 Å². The topological polar surface area (TPSA) is 82.3 Å². The van der Waals surface area contributed by atoms with E-state index in [1.165, 1.54) is 0 Å². The first-order valence-electron chi connectivity index (χ1n) is 8.62. The quantitative estimate of drug-likeness (QED) is 0.633. The summed E-state index contributed by atoms with van der Waals surface area (Å²) >= 11 is 6.24. The first-order chi connectivity index (χ1) is 13.0. The zero-order chi connectivity index (χ0) is 19.0. The van der Waals surface area contributed by atoms with Crippen molar-refractivity contribution < 1.29 is 9.53 Å². The van der Waals surface area contributed by atoms with Crippen molar-refractivity contribution >= 4 is 45.7 Å². The molecule has 2 amide bonds. The molecule has 1 fully saturated rings. The number of nitrogens with zero attached hydrogens (tertiary/aromatic N) is 2. The van der Waals surface area contributed by atoms with E-state index in [2.05, 4.69) is 25.5 Å². The van der Waals surface area contributed by atoms with E-state index >= 15 is 0 Å². The number of nitrogens with one attached hydrogen (secondary N) is 3. The summed E-state index contributed by atoms with van der Waals surface area (Å²) in [6.45, 7) is 3.64. The molecule has 1 saturated heterocycles. The minimum absolute atomic E-state index is 0.263. The van der Waals surface area contributed by atoms with E-state index in [-0.39, 0.29) is 12.1 Å². The molecule has 1 aliphatic rings. The minimum Gasteiger partial charge on any atom is -0.378 e. The number of H-pyrrole nitrogens is 1. The molecule has 0 spiro atoms. The molecule has 0 saturated carbocycles. The fraction of sp³-hybridized carbons (Fsp3) is 0.263. The van der Waals surface area contributed by atoms with E-state index in [0.717, 1.165) is 35.4 Å². The molecule has 3 heterocycles.